The summed E-state index contributed by atoms with van der Waals surface area (Å²) in [6, 6.07) is 8.79. The van der Waals surface area contributed by atoms with E-state index in [2.05, 4.69) is 39.1 Å². The van der Waals surface area contributed by atoms with Crippen LogP contribution in [-0.4, -0.2) is 51.7 Å². The monoisotopic (exact) mass is 476 g/mol. The molecule has 1 aliphatic carbocycles. The van der Waals surface area contributed by atoms with Gasteiger partial charge < -0.3 is 21.1 Å². The van der Waals surface area contributed by atoms with Crippen molar-refractivity contribution in [1.82, 2.24) is 14.9 Å². The van der Waals surface area contributed by atoms with Crippen LogP contribution in [0, 0.1) is 11.8 Å². The van der Waals surface area contributed by atoms with Crippen LogP contribution in [0.4, 0.5) is 11.5 Å². The number of carbonyl (C=O) groups excluding carboxylic acids is 1. The van der Waals surface area contributed by atoms with Crippen molar-refractivity contribution in [2.75, 3.05) is 25.4 Å². The Labute approximate surface area is 207 Å². The first-order chi connectivity index (χ1) is 16.8. The van der Waals surface area contributed by atoms with Gasteiger partial charge in [-0.3, -0.25) is 4.79 Å². The van der Waals surface area contributed by atoms with Gasteiger partial charge in [0.1, 0.15) is 11.9 Å². The van der Waals surface area contributed by atoms with E-state index in [1.165, 1.54) is 37.6 Å². The standard InChI is InChI=1S/C27H36N6O2/c1-27(2)23(32-22-24(28)30-16-31-26(22)35-27)20-9-7-19(8-10-20)18-5-3-17(4-6-18)15-33-13-11-21(12-14-33)25(29)34/h7-10,16-18,21H,3-6,11-15H2,1-2H3,(H2,29,34)(H2,28,30,31). The molecule has 1 amide bonds. The molecule has 35 heavy (non-hydrogen) atoms. The van der Waals surface area contributed by atoms with E-state index in [9.17, 15) is 4.79 Å². The fourth-order valence-electron chi connectivity index (χ4n) is 5.86. The molecule has 0 radical (unpaired) electrons. The van der Waals surface area contributed by atoms with Gasteiger partial charge in [0, 0.05) is 18.0 Å². The van der Waals surface area contributed by atoms with Crippen LogP contribution < -0.4 is 16.2 Å². The van der Waals surface area contributed by atoms with Crippen molar-refractivity contribution < 1.29 is 9.53 Å². The highest BCUT2D eigenvalue weighted by Gasteiger charge is 2.35. The maximum absolute atomic E-state index is 11.4. The summed E-state index contributed by atoms with van der Waals surface area (Å²) in [7, 11) is 0. The van der Waals surface area contributed by atoms with Gasteiger partial charge in [-0.15, -0.1) is 0 Å². The Morgan fingerprint density at radius 2 is 1.74 bits per heavy atom. The maximum atomic E-state index is 11.4. The van der Waals surface area contributed by atoms with Gasteiger partial charge in [-0.1, -0.05) is 24.3 Å². The van der Waals surface area contributed by atoms with Crippen LogP contribution in [0.25, 0.3) is 0 Å². The smallest absolute Gasteiger partial charge is 0.246 e. The maximum Gasteiger partial charge on any atom is 0.246 e. The SMILES string of the molecule is CC1(C)Oc2ncnc(N)c2N=C1c1ccc(C2CCC(CN3CCC(C(N)=O)CC3)CC2)cc1. The van der Waals surface area contributed by atoms with E-state index < -0.39 is 5.60 Å². The van der Waals surface area contributed by atoms with Crippen molar-refractivity contribution in [3.05, 3.63) is 41.7 Å². The molecule has 2 aromatic rings. The quantitative estimate of drug-likeness (QED) is 0.677. The highest BCUT2D eigenvalue weighted by molar-refractivity contribution is 6.09. The van der Waals surface area contributed by atoms with Crippen LogP contribution in [0.2, 0.25) is 0 Å². The number of likely N-dealkylation sites (tertiary alicyclic amines) is 1. The molecule has 1 saturated carbocycles. The molecule has 2 fully saturated rings. The molecule has 1 saturated heterocycles. The Hall–Kier alpha value is -3.00. The zero-order valence-electron chi connectivity index (χ0n) is 20.7. The number of carbonyl (C=O) groups is 1. The summed E-state index contributed by atoms with van der Waals surface area (Å²) in [6.45, 7) is 7.15. The summed E-state index contributed by atoms with van der Waals surface area (Å²) in [5, 5.41) is 0. The molecular formula is C27H36N6O2. The van der Waals surface area contributed by atoms with Gasteiger partial charge in [-0.05, 0) is 82.9 Å². The lowest BCUT2D eigenvalue weighted by atomic mass is 9.78. The number of nitrogens with two attached hydrogens (primary N) is 2. The van der Waals surface area contributed by atoms with Crippen LogP contribution in [0.3, 0.4) is 0 Å². The zero-order valence-corrected chi connectivity index (χ0v) is 20.7. The first kappa shape index (κ1) is 23.7. The molecule has 3 aliphatic rings. The van der Waals surface area contributed by atoms with Crippen LogP contribution in [0.1, 0.15) is 69.4 Å². The number of fused-ring (bicyclic) bond motifs is 1. The van der Waals surface area contributed by atoms with Crippen molar-refractivity contribution in [2.45, 2.75) is 63.9 Å². The second-order valence-corrected chi connectivity index (χ2v) is 10.8. The molecule has 0 atom stereocenters. The molecule has 1 aromatic carbocycles. The topological polar surface area (TPSA) is 120 Å². The normalized spacial score (nSPS) is 24.8. The lowest BCUT2D eigenvalue weighted by Gasteiger charge is -2.36. The summed E-state index contributed by atoms with van der Waals surface area (Å²) < 4.78 is 6.12. The predicted molar refractivity (Wildman–Crippen MR) is 137 cm³/mol. The van der Waals surface area contributed by atoms with Gasteiger partial charge in [0.15, 0.2) is 11.5 Å². The molecule has 0 bridgehead atoms. The van der Waals surface area contributed by atoms with Gasteiger partial charge in [0.25, 0.3) is 0 Å². The lowest BCUT2D eigenvalue weighted by Crippen LogP contribution is -2.41. The van der Waals surface area contributed by atoms with E-state index in [0.29, 0.717) is 23.3 Å². The number of nitrogen functional groups attached to an aromatic ring is 1. The van der Waals surface area contributed by atoms with Gasteiger partial charge in [0.05, 0.1) is 5.71 Å². The van der Waals surface area contributed by atoms with Gasteiger partial charge in [0.2, 0.25) is 11.8 Å². The summed E-state index contributed by atoms with van der Waals surface area (Å²) in [5.41, 5.74) is 14.6. The van der Waals surface area contributed by atoms with E-state index in [1.54, 1.807) is 0 Å². The number of nitrogens with zero attached hydrogens (tertiary/aromatic N) is 4. The summed E-state index contributed by atoms with van der Waals surface area (Å²) >= 11 is 0. The largest absolute Gasteiger partial charge is 0.463 e. The number of piperidine rings is 1. The van der Waals surface area contributed by atoms with E-state index in [1.807, 2.05) is 13.8 Å². The van der Waals surface area contributed by atoms with Gasteiger partial charge >= 0.3 is 0 Å². The number of rotatable bonds is 5. The molecule has 8 heteroatoms. The molecule has 5 rings (SSSR count). The number of hydrogen-bond donors (Lipinski definition) is 2. The zero-order chi connectivity index (χ0) is 24.6. The molecule has 2 aliphatic heterocycles. The number of primary amides is 1. The fourth-order valence-corrected chi connectivity index (χ4v) is 5.86. The van der Waals surface area contributed by atoms with Crippen molar-refractivity contribution >= 4 is 23.1 Å². The van der Waals surface area contributed by atoms with Crippen LogP contribution in [0.5, 0.6) is 5.88 Å². The average molecular weight is 477 g/mol. The highest BCUT2D eigenvalue weighted by atomic mass is 16.5. The van der Waals surface area contributed by atoms with E-state index in [0.717, 1.165) is 49.7 Å². The Kier molecular flexibility index (Phi) is 6.49. The summed E-state index contributed by atoms with van der Waals surface area (Å²) in [4.78, 5) is 27.0. The number of anilines is 1. The Morgan fingerprint density at radius 3 is 2.40 bits per heavy atom. The van der Waals surface area contributed by atoms with Crippen LogP contribution >= 0.6 is 0 Å². The molecule has 4 N–H and O–H groups in total. The molecule has 0 spiro atoms. The number of aliphatic imine (C=N–C) groups is 1. The second kappa shape index (κ2) is 9.57. The number of amides is 1. The average Bonchev–Trinajstić information content (AvgIpc) is 2.84. The van der Waals surface area contributed by atoms with E-state index in [-0.39, 0.29) is 11.8 Å². The summed E-state index contributed by atoms with van der Waals surface area (Å²) in [6.07, 6.45) is 8.18. The van der Waals surface area contributed by atoms with Crippen molar-refractivity contribution in [2.24, 2.45) is 22.6 Å². The second-order valence-electron chi connectivity index (χ2n) is 10.8. The molecule has 186 valence electrons. The predicted octanol–water partition coefficient (Wildman–Crippen LogP) is 3.82. The van der Waals surface area contributed by atoms with Crippen LogP contribution in [0.15, 0.2) is 35.6 Å². The minimum Gasteiger partial charge on any atom is -0.463 e. The van der Waals surface area contributed by atoms with Gasteiger partial charge in [-0.25, -0.2) is 9.98 Å². The lowest BCUT2D eigenvalue weighted by molar-refractivity contribution is -0.123. The third-order valence-electron chi connectivity index (χ3n) is 7.97. The highest BCUT2D eigenvalue weighted by Crippen LogP contribution is 2.40. The Bertz CT molecular complexity index is 1100. The first-order valence-corrected chi connectivity index (χ1v) is 12.8. The first-order valence-electron chi connectivity index (χ1n) is 12.8. The minimum absolute atomic E-state index is 0.0714. The molecule has 8 nitrogen and oxygen atoms in total. The molecule has 3 heterocycles. The van der Waals surface area contributed by atoms with Crippen LogP contribution in [-0.2, 0) is 4.79 Å². The molecule has 1 aromatic heterocycles. The Morgan fingerprint density at radius 1 is 1.06 bits per heavy atom. The van der Waals surface area contributed by atoms with Crippen molar-refractivity contribution in [3.63, 3.8) is 0 Å². The molecular weight excluding hydrogens is 440 g/mol. The minimum atomic E-state index is -0.612. The Balaban J connectivity index is 1.20. The van der Waals surface area contributed by atoms with E-state index >= 15 is 0 Å². The van der Waals surface area contributed by atoms with Gasteiger partial charge in [-0.2, -0.15) is 4.98 Å². The number of ether oxygens (including phenoxy) is 1. The number of benzene rings is 1. The third-order valence-corrected chi connectivity index (χ3v) is 7.97. The number of hydrogen-bond acceptors (Lipinski definition) is 7. The van der Waals surface area contributed by atoms with Crippen molar-refractivity contribution in [3.8, 4) is 5.88 Å². The summed E-state index contributed by atoms with van der Waals surface area (Å²) in [5.74, 6) is 2.04. The third kappa shape index (κ3) is 5.03. The number of aromatic nitrogens is 2. The van der Waals surface area contributed by atoms with E-state index in [4.69, 9.17) is 21.2 Å². The van der Waals surface area contributed by atoms with Crippen molar-refractivity contribution in [1.29, 1.82) is 0 Å². The fraction of sp³-hybridized carbons (Fsp3) is 0.556. The molecule has 0 unspecified atom stereocenters.